The van der Waals surface area contributed by atoms with Gasteiger partial charge in [0.2, 0.25) is 0 Å². The van der Waals surface area contributed by atoms with Gasteiger partial charge in [0.1, 0.15) is 23.5 Å². The lowest BCUT2D eigenvalue weighted by molar-refractivity contribution is -0.137. The van der Waals surface area contributed by atoms with Crippen LogP contribution in [0.25, 0.3) is 10.2 Å². The highest BCUT2D eigenvalue weighted by molar-refractivity contribution is 7.19. The van der Waals surface area contributed by atoms with E-state index >= 15 is 0 Å². The Bertz CT molecular complexity index is 861. The van der Waals surface area contributed by atoms with Gasteiger partial charge in [-0.05, 0) is 38.8 Å². The Balaban J connectivity index is 2.12. The van der Waals surface area contributed by atoms with Crippen LogP contribution in [-0.4, -0.2) is 28.7 Å². The topological polar surface area (TPSA) is 101 Å². The Hall–Kier alpha value is -2.66. The molecule has 0 aliphatic carbocycles. The summed E-state index contributed by atoms with van der Waals surface area (Å²) in [5.74, 6) is -0.449. The first kappa shape index (κ1) is 19.7. The Morgan fingerprint density at radius 1 is 1.31 bits per heavy atom. The average Bonchev–Trinajstić information content (AvgIpc) is 2.92. The second kappa shape index (κ2) is 7.70. The van der Waals surface area contributed by atoms with E-state index in [1.165, 1.54) is 11.3 Å². The van der Waals surface area contributed by atoms with Crippen molar-refractivity contribution >= 4 is 33.6 Å². The van der Waals surface area contributed by atoms with Crippen LogP contribution in [-0.2, 0) is 9.53 Å². The van der Waals surface area contributed by atoms with Gasteiger partial charge in [0.15, 0.2) is 5.01 Å². The molecule has 0 bridgehead atoms. The van der Waals surface area contributed by atoms with E-state index in [9.17, 15) is 9.59 Å². The highest BCUT2D eigenvalue weighted by Crippen LogP contribution is 2.26. The third kappa shape index (κ3) is 5.17. The number of hydrogen-bond acceptors (Lipinski definition) is 7. The molecule has 0 spiro atoms. The number of amides is 1. The molecule has 26 heavy (non-hydrogen) atoms. The summed E-state index contributed by atoms with van der Waals surface area (Å²) in [5.41, 5.74) is 0.00387. The standard InChI is InChI=1S/C18H21N3O4S/c1-10(2)15(21-17(23)25-18(3,4)5)16(22)24-11-6-7-12-13(8-11)26-14(9-19)20-12/h6-8,10,15H,1-5H3,(H,21,23)/t15-/m0/s1. The molecule has 8 heteroatoms. The van der Waals surface area contributed by atoms with Crippen molar-refractivity contribution in [3.8, 4) is 11.8 Å². The highest BCUT2D eigenvalue weighted by Gasteiger charge is 2.28. The van der Waals surface area contributed by atoms with E-state index in [1.54, 1.807) is 52.8 Å². The number of ether oxygens (including phenoxy) is 2. The zero-order valence-corrected chi connectivity index (χ0v) is 16.1. The van der Waals surface area contributed by atoms with Gasteiger partial charge < -0.3 is 14.8 Å². The van der Waals surface area contributed by atoms with Crippen LogP contribution in [0.1, 0.15) is 39.6 Å². The van der Waals surface area contributed by atoms with Gasteiger partial charge in [-0.25, -0.2) is 14.6 Å². The molecule has 2 rings (SSSR count). The molecular formula is C18H21N3O4S. The molecule has 1 N–H and O–H groups in total. The summed E-state index contributed by atoms with van der Waals surface area (Å²) in [6.07, 6.45) is -0.676. The van der Waals surface area contributed by atoms with Crippen LogP contribution in [0.4, 0.5) is 4.79 Å². The first-order valence-corrected chi connectivity index (χ1v) is 8.92. The lowest BCUT2D eigenvalue weighted by Crippen LogP contribution is -2.48. The molecule has 1 amide bonds. The molecule has 2 aromatic rings. The van der Waals surface area contributed by atoms with Crippen LogP contribution >= 0.6 is 11.3 Å². The molecule has 0 saturated heterocycles. The summed E-state index contributed by atoms with van der Waals surface area (Å²) >= 11 is 1.22. The predicted octanol–water partition coefficient (Wildman–Crippen LogP) is 3.62. The van der Waals surface area contributed by atoms with Crippen molar-refractivity contribution in [2.24, 2.45) is 5.92 Å². The first-order chi connectivity index (χ1) is 12.1. The summed E-state index contributed by atoms with van der Waals surface area (Å²) in [4.78, 5) is 28.6. The maximum Gasteiger partial charge on any atom is 0.408 e. The molecule has 0 fully saturated rings. The average molecular weight is 375 g/mol. The quantitative estimate of drug-likeness (QED) is 0.647. The van der Waals surface area contributed by atoms with E-state index in [4.69, 9.17) is 14.7 Å². The van der Waals surface area contributed by atoms with Crippen LogP contribution in [0, 0.1) is 17.2 Å². The van der Waals surface area contributed by atoms with Crippen molar-refractivity contribution in [3.05, 3.63) is 23.2 Å². The number of nitriles is 1. The number of nitrogens with zero attached hydrogens (tertiary/aromatic N) is 2. The molecule has 1 heterocycles. The van der Waals surface area contributed by atoms with Gasteiger partial charge in [-0.2, -0.15) is 5.26 Å². The predicted molar refractivity (Wildman–Crippen MR) is 98.0 cm³/mol. The van der Waals surface area contributed by atoms with Crippen molar-refractivity contribution < 1.29 is 19.1 Å². The van der Waals surface area contributed by atoms with Gasteiger partial charge >= 0.3 is 12.1 Å². The Morgan fingerprint density at radius 3 is 2.58 bits per heavy atom. The van der Waals surface area contributed by atoms with Crippen LogP contribution in [0.2, 0.25) is 0 Å². The summed E-state index contributed by atoms with van der Waals surface area (Å²) in [7, 11) is 0. The van der Waals surface area contributed by atoms with Gasteiger partial charge in [-0.3, -0.25) is 0 Å². The maximum atomic E-state index is 12.5. The summed E-state index contributed by atoms with van der Waals surface area (Å²) < 4.78 is 11.3. The van der Waals surface area contributed by atoms with Crippen LogP contribution < -0.4 is 10.1 Å². The number of carbonyl (C=O) groups excluding carboxylic acids is 2. The summed E-state index contributed by atoms with van der Waals surface area (Å²) in [5, 5.41) is 11.8. The SMILES string of the molecule is CC(C)[C@H](NC(=O)OC(C)(C)C)C(=O)Oc1ccc2nc(C#N)sc2c1. The van der Waals surface area contributed by atoms with Crippen LogP contribution in [0.3, 0.4) is 0 Å². The van der Waals surface area contributed by atoms with Crippen molar-refractivity contribution in [2.45, 2.75) is 46.3 Å². The number of nitrogens with one attached hydrogen (secondary N) is 1. The van der Waals surface area contributed by atoms with E-state index in [-0.39, 0.29) is 5.92 Å². The zero-order valence-electron chi connectivity index (χ0n) is 15.3. The summed E-state index contributed by atoms with van der Waals surface area (Å²) in [6.45, 7) is 8.84. The fourth-order valence-electron chi connectivity index (χ4n) is 2.13. The second-order valence-electron chi connectivity index (χ2n) is 7.05. The van der Waals surface area contributed by atoms with E-state index < -0.39 is 23.7 Å². The fourth-order valence-corrected chi connectivity index (χ4v) is 2.92. The van der Waals surface area contributed by atoms with E-state index in [1.807, 2.05) is 6.07 Å². The molecule has 1 aromatic carbocycles. The van der Waals surface area contributed by atoms with Gasteiger partial charge in [-0.1, -0.05) is 13.8 Å². The molecule has 0 aliphatic heterocycles. The largest absolute Gasteiger partial charge is 0.444 e. The number of fused-ring (bicyclic) bond motifs is 1. The smallest absolute Gasteiger partial charge is 0.408 e. The fraction of sp³-hybridized carbons (Fsp3) is 0.444. The lowest BCUT2D eigenvalue weighted by atomic mass is 10.1. The van der Waals surface area contributed by atoms with E-state index in [2.05, 4.69) is 10.3 Å². The van der Waals surface area contributed by atoms with Crippen molar-refractivity contribution in [2.75, 3.05) is 0 Å². The van der Waals surface area contributed by atoms with Crippen LogP contribution in [0.15, 0.2) is 18.2 Å². The van der Waals surface area contributed by atoms with E-state index in [0.29, 0.717) is 16.3 Å². The number of rotatable bonds is 4. The molecule has 7 nitrogen and oxygen atoms in total. The first-order valence-electron chi connectivity index (χ1n) is 8.11. The molecule has 1 aromatic heterocycles. The molecule has 0 radical (unpaired) electrons. The molecular weight excluding hydrogens is 354 g/mol. The number of aromatic nitrogens is 1. The zero-order chi connectivity index (χ0) is 19.5. The number of hydrogen-bond donors (Lipinski definition) is 1. The van der Waals surface area contributed by atoms with Gasteiger partial charge in [0, 0.05) is 6.07 Å². The highest BCUT2D eigenvalue weighted by atomic mass is 32.1. The monoisotopic (exact) mass is 375 g/mol. The van der Waals surface area contributed by atoms with Crippen LogP contribution in [0.5, 0.6) is 5.75 Å². The molecule has 0 saturated carbocycles. The Labute approximate surface area is 155 Å². The number of esters is 1. The van der Waals surface area contributed by atoms with Crippen molar-refractivity contribution in [1.29, 1.82) is 5.26 Å². The third-order valence-electron chi connectivity index (χ3n) is 3.27. The molecule has 1 atom stereocenters. The molecule has 138 valence electrons. The number of benzene rings is 1. The normalized spacial score (nSPS) is 12.5. The number of thiazole rings is 1. The minimum atomic E-state index is -0.850. The Kier molecular flexibility index (Phi) is 5.83. The molecule has 0 aliphatic rings. The van der Waals surface area contributed by atoms with Gasteiger partial charge in [0.25, 0.3) is 0 Å². The number of carbonyl (C=O) groups is 2. The second-order valence-corrected chi connectivity index (χ2v) is 8.08. The Morgan fingerprint density at radius 2 is 2.00 bits per heavy atom. The molecule has 0 unspecified atom stereocenters. The summed E-state index contributed by atoms with van der Waals surface area (Å²) in [6, 6.07) is 6.07. The van der Waals surface area contributed by atoms with E-state index in [0.717, 1.165) is 4.70 Å². The lowest BCUT2D eigenvalue weighted by Gasteiger charge is -2.24. The third-order valence-corrected chi connectivity index (χ3v) is 4.19. The van der Waals surface area contributed by atoms with Crippen molar-refractivity contribution in [1.82, 2.24) is 10.3 Å². The van der Waals surface area contributed by atoms with Gasteiger partial charge in [0.05, 0.1) is 10.2 Å². The van der Waals surface area contributed by atoms with Gasteiger partial charge in [-0.15, -0.1) is 11.3 Å². The minimum absolute atomic E-state index is 0.188. The number of alkyl carbamates (subject to hydrolysis) is 1. The maximum absolute atomic E-state index is 12.5. The minimum Gasteiger partial charge on any atom is -0.444 e. The van der Waals surface area contributed by atoms with Crippen molar-refractivity contribution in [3.63, 3.8) is 0 Å².